The van der Waals surface area contributed by atoms with Crippen LogP contribution in [0.4, 0.5) is 4.39 Å². The zero-order valence-corrected chi connectivity index (χ0v) is 17.5. The van der Waals surface area contributed by atoms with Gasteiger partial charge in [0.2, 0.25) is 0 Å². The van der Waals surface area contributed by atoms with Crippen molar-refractivity contribution in [2.45, 2.75) is 42.4 Å². The molecular weight excluding hydrogens is 397 g/mol. The molecule has 0 atom stereocenters. The van der Waals surface area contributed by atoms with Gasteiger partial charge in [0, 0.05) is 38.4 Å². The first kappa shape index (κ1) is 21.4. The Balaban J connectivity index is 1.83. The SMILES string of the molecule is CCOC(=O)CC1(S(=O)(=O)c2ccc(F)cc2)CCN(Cc2cnn(C)c2)CC1. The fourth-order valence-electron chi connectivity index (χ4n) is 3.81. The Morgan fingerprint density at radius 1 is 1.24 bits per heavy atom. The summed E-state index contributed by atoms with van der Waals surface area (Å²) in [5, 5.41) is 4.16. The molecule has 1 saturated heterocycles. The molecule has 1 aliphatic heterocycles. The molecule has 0 unspecified atom stereocenters. The molecule has 1 aromatic carbocycles. The van der Waals surface area contributed by atoms with Gasteiger partial charge in [0.1, 0.15) is 5.82 Å². The Labute approximate surface area is 170 Å². The van der Waals surface area contributed by atoms with Crippen LogP contribution < -0.4 is 0 Å². The average molecular weight is 424 g/mol. The van der Waals surface area contributed by atoms with Gasteiger partial charge in [-0.05, 0) is 44.0 Å². The number of piperidine rings is 1. The van der Waals surface area contributed by atoms with Gasteiger partial charge >= 0.3 is 5.97 Å². The van der Waals surface area contributed by atoms with Gasteiger partial charge in [-0.15, -0.1) is 0 Å². The molecule has 0 spiro atoms. The topological polar surface area (TPSA) is 81.5 Å². The van der Waals surface area contributed by atoms with E-state index in [1.165, 1.54) is 12.1 Å². The molecule has 0 aliphatic carbocycles. The third kappa shape index (κ3) is 4.67. The molecule has 0 amide bonds. The molecule has 0 N–H and O–H groups in total. The van der Waals surface area contributed by atoms with Crippen LogP contribution in [0.15, 0.2) is 41.6 Å². The van der Waals surface area contributed by atoms with Gasteiger partial charge in [-0.25, -0.2) is 12.8 Å². The predicted molar refractivity (Wildman–Crippen MR) is 105 cm³/mol. The highest BCUT2D eigenvalue weighted by Gasteiger charge is 2.48. The molecule has 7 nitrogen and oxygen atoms in total. The highest BCUT2D eigenvalue weighted by atomic mass is 32.2. The molecule has 0 bridgehead atoms. The number of sulfone groups is 1. The van der Waals surface area contributed by atoms with E-state index in [4.69, 9.17) is 4.74 Å². The number of ether oxygens (including phenoxy) is 1. The van der Waals surface area contributed by atoms with Crippen molar-refractivity contribution in [2.75, 3.05) is 19.7 Å². The summed E-state index contributed by atoms with van der Waals surface area (Å²) in [5.74, 6) is -1.03. The van der Waals surface area contributed by atoms with Crippen LogP contribution in [0.3, 0.4) is 0 Å². The lowest BCUT2D eigenvalue weighted by atomic mass is 9.92. The van der Waals surface area contributed by atoms with E-state index in [0.717, 1.165) is 17.7 Å². The van der Waals surface area contributed by atoms with Crippen LogP contribution in [0.5, 0.6) is 0 Å². The van der Waals surface area contributed by atoms with Gasteiger partial charge in [-0.1, -0.05) is 0 Å². The van der Waals surface area contributed by atoms with E-state index in [9.17, 15) is 17.6 Å². The second kappa shape index (κ2) is 8.62. The Hall–Kier alpha value is -2.26. The minimum Gasteiger partial charge on any atom is -0.466 e. The number of carbonyl (C=O) groups is 1. The summed E-state index contributed by atoms with van der Waals surface area (Å²) >= 11 is 0. The van der Waals surface area contributed by atoms with Crippen molar-refractivity contribution in [1.82, 2.24) is 14.7 Å². The summed E-state index contributed by atoms with van der Waals surface area (Å²) in [6.07, 6.45) is 4.10. The second-order valence-corrected chi connectivity index (χ2v) is 9.76. The minimum atomic E-state index is -3.86. The van der Waals surface area contributed by atoms with Crippen LogP contribution >= 0.6 is 0 Å². The minimum absolute atomic E-state index is 0.0314. The maximum Gasteiger partial charge on any atom is 0.307 e. The molecule has 2 heterocycles. The maximum atomic E-state index is 13.5. The van der Waals surface area contributed by atoms with Crippen molar-refractivity contribution in [3.05, 3.63) is 48.0 Å². The van der Waals surface area contributed by atoms with Crippen LogP contribution in [-0.4, -0.2) is 53.5 Å². The van der Waals surface area contributed by atoms with Crippen molar-refractivity contribution in [3.8, 4) is 0 Å². The lowest BCUT2D eigenvalue weighted by molar-refractivity contribution is -0.144. The first-order chi connectivity index (χ1) is 13.8. The maximum absolute atomic E-state index is 13.5. The van der Waals surface area contributed by atoms with Gasteiger partial charge < -0.3 is 4.74 Å². The molecule has 0 saturated carbocycles. The van der Waals surface area contributed by atoms with Gasteiger partial charge in [0.05, 0.1) is 28.9 Å². The first-order valence-electron chi connectivity index (χ1n) is 9.61. The molecule has 1 fully saturated rings. The number of carbonyl (C=O) groups excluding carboxylic acids is 1. The number of aryl methyl sites for hydroxylation is 1. The van der Waals surface area contributed by atoms with Gasteiger partial charge in [0.15, 0.2) is 9.84 Å². The normalized spacial score (nSPS) is 17.2. The van der Waals surface area contributed by atoms with Crippen molar-refractivity contribution in [1.29, 1.82) is 0 Å². The smallest absolute Gasteiger partial charge is 0.307 e. The molecular formula is C20H26FN3O4S. The van der Waals surface area contributed by atoms with E-state index in [0.29, 0.717) is 32.5 Å². The zero-order valence-electron chi connectivity index (χ0n) is 16.7. The standard InChI is InChI=1S/C20H26FN3O4S/c1-3-28-19(25)12-20(29(26,27)18-6-4-17(21)5-7-18)8-10-24(11-9-20)15-16-13-22-23(2)14-16/h4-7,13-14H,3,8-12,15H2,1-2H3. The highest BCUT2D eigenvalue weighted by Crippen LogP contribution is 2.39. The van der Waals surface area contributed by atoms with E-state index < -0.39 is 26.4 Å². The average Bonchev–Trinajstić information content (AvgIpc) is 3.08. The van der Waals surface area contributed by atoms with Crippen molar-refractivity contribution in [2.24, 2.45) is 7.05 Å². The lowest BCUT2D eigenvalue weighted by Gasteiger charge is -2.40. The Morgan fingerprint density at radius 3 is 2.45 bits per heavy atom. The summed E-state index contributed by atoms with van der Waals surface area (Å²) in [7, 11) is -2.01. The van der Waals surface area contributed by atoms with Crippen molar-refractivity contribution in [3.63, 3.8) is 0 Å². The van der Waals surface area contributed by atoms with E-state index >= 15 is 0 Å². The third-order valence-corrected chi connectivity index (χ3v) is 7.98. The molecule has 29 heavy (non-hydrogen) atoms. The molecule has 2 aromatic rings. The summed E-state index contributed by atoms with van der Waals surface area (Å²) in [6.45, 7) is 3.59. The third-order valence-electron chi connectivity index (χ3n) is 5.40. The first-order valence-corrected chi connectivity index (χ1v) is 11.1. The number of esters is 1. The Bertz CT molecular complexity index is 948. The van der Waals surface area contributed by atoms with Crippen LogP contribution in [0.2, 0.25) is 0 Å². The number of rotatable bonds is 7. The quantitative estimate of drug-likeness (QED) is 0.502. The molecule has 158 valence electrons. The van der Waals surface area contributed by atoms with E-state index in [1.54, 1.807) is 17.8 Å². The zero-order chi connectivity index (χ0) is 21.1. The lowest BCUT2D eigenvalue weighted by Crippen LogP contribution is -2.50. The van der Waals surface area contributed by atoms with Crippen molar-refractivity contribution >= 4 is 15.8 Å². The number of likely N-dealkylation sites (tertiary alicyclic amines) is 1. The second-order valence-electron chi connectivity index (χ2n) is 7.42. The van der Waals surface area contributed by atoms with Crippen LogP contribution in [-0.2, 0) is 33.0 Å². The summed E-state index contributed by atoms with van der Waals surface area (Å²) in [5.41, 5.74) is 1.05. The fourth-order valence-corrected chi connectivity index (χ4v) is 5.83. The van der Waals surface area contributed by atoms with E-state index in [-0.39, 0.29) is 17.9 Å². The van der Waals surface area contributed by atoms with Crippen molar-refractivity contribution < 1.29 is 22.3 Å². The van der Waals surface area contributed by atoms with Gasteiger partial charge in [-0.2, -0.15) is 5.10 Å². The van der Waals surface area contributed by atoms with Gasteiger partial charge in [-0.3, -0.25) is 14.4 Å². The number of aromatic nitrogens is 2. The van der Waals surface area contributed by atoms with Gasteiger partial charge in [0.25, 0.3) is 0 Å². The number of hydrogen-bond donors (Lipinski definition) is 0. The molecule has 1 aliphatic rings. The predicted octanol–water partition coefficient (Wildman–Crippen LogP) is 2.32. The number of halogens is 1. The van der Waals surface area contributed by atoms with Crippen LogP contribution in [0.1, 0.15) is 31.7 Å². The van der Waals surface area contributed by atoms with Crippen LogP contribution in [0, 0.1) is 5.82 Å². The molecule has 3 rings (SSSR count). The Morgan fingerprint density at radius 2 is 1.90 bits per heavy atom. The highest BCUT2D eigenvalue weighted by molar-refractivity contribution is 7.92. The number of benzene rings is 1. The monoisotopic (exact) mass is 423 g/mol. The summed E-state index contributed by atoms with van der Waals surface area (Å²) in [4.78, 5) is 14.4. The Kier molecular flexibility index (Phi) is 6.38. The molecule has 9 heteroatoms. The van der Waals surface area contributed by atoms with Crippen LogP contribution in [0.25, 0.3) is 0 Å². The molecule has 0 radical (unpaired) electrons. The van der Waals surface area contributed by atoms with E-state index in [2.05, 4.69) is 10.00 Å². The number of nitrogens with zero attached hydrogens (tertiary/aromatic N) is 3. The van der Waals surface area contributed by atoms with E-state index in [1.807, 2.05) is 13.2 Å². The summed E-state index contributed by atoms with van der Waals surface area (Å²) < 4.78 is 45.8. The summed E-state index contributed by atoms with van der Waals surface area (Å²) in [6, 6.07) is 4.78. The fraction of sp³-hybridized carbons (Fsp3) is 0.500. The largest absolute Gasteiger partial charge is 0.466 e. The molecule has 1 aromatic heterocycles. The number of hydrogen-bond acceptors (Lipinski definition) is 6.